The molecule has 2 saturated heterocycles. The lowest BCUT2D eigenvalue weighted by Crippen LogP contribution is -2.55. The lowest BCUT2D eigenvalue weighted by atomic mass is 9.95. The highest BCUT2D eigenvalue weighted by Crippen LogP contribution is 2.17. The van der Waals surface area contributed by atoms with Gasteiger partial charge in [-0.2, -0.15) is 0 Å². The van der Waals surface area contributed by atoms with Gasteiger partial charge in [0.25, 0.3) is 0 Å². The first-order valence-electron chi connectivity index (χ1n) is 3.86. The summed E-state index contributed by atoms with van der Waals surface area (Å²) in [5, 5.41) is 12.7. The van der Waals surface area contributed by atoms with E-state index in [1.54, 1.807) is 0 Å². The molecule has 2 atom stereocenters. The standard InChI is InChI=1S/C7H13NO2.ClH/c9-7-1-5-3-10-4-6(2-7)8-5;/h5-9H,1-4H2;1H. The second-order valence-electron chi connectivity index (χ2n) is 3.22. The number of halogens is 1. The molecule has 4 heteroatoms. The van der Waals surface area contributed by atoms with Crippen LogP contribution in [0.1, 0.15) is 12.8 Å². The van der Waals surface area contributed by atoms with Gasteiger partial charge in [-0.1, -0.05) is 0 Å². The molecule has 0 spiro atoms. The van der Waals surface area contributed by atoms with Gasteiger partial charge >= 0.3 is 0 Å². The number of hydrogen-bond donors (Lipinski definition) is 2. The third-order valence-electron chi connectivity index (χ3n) is 2.22. The minimum atomic E-state index is -0.0971. The summed E-state index contributed by atoms with van der Waals surface area (Å²) in [5.41, 5.74) is 0. The molecule has 0 saturated carbocycles. The van der Waals surface area contributed by atoms with Gasteiger partial charge in [-0.25, -0.2) is 0 Å². The van der Waals surface area contributed by atoms with Crippen molar-refractivity contribution in [3.8, 4) is 0 Å². The van der Waals surface area contributed by atoms with Crippen molar-refractivity contribution < 1.29 is 9.84 Å². The van der Waals surface area contributed by atoms with Crippen molar-refractivity contribution in [2.75, 3.05) is 13.2 Å². The zero-order valence-corrected chi connectivity index (χ0v) is 7.14. The molecule has 11 heavy (non-hydrogen) atoms. The SMILES string of the molecule is Cl.OC1CC2COCC(C1)N2. The van der Waals surface area contributed by atoms with Crippen molar-refractivity contribution in [1.29, 1.82) is 0 Å². The topological polar surface area (TPSA) is 41.5 Å². The molecule has 0 radical (unpaired) electrons. The molecule has 0 aromatic carbocycles. The molecular formula is C7H14ClNO2. The Hall–Kier alpha value is 0.170. The van der Waals surface area contributed by atoms with Crippen LogP contribution in [-0.4, -0.2) is 36.5 Å². The maximum absolute atomic E-state index is 9.32. The molecule has 2 bridgehead atoms. The maximum atomic E-state index is 9.32. The monoisotopic (exact) mass is 179 g/mol. The fourth-order valence-corrected chi connectivity index (χ4v) is 1.81. The molecule has 2 aliphatic heterocycles. The Bertz CT molecular complexity index is 118. The third-order valence-corrected chi connectivity index (χ3v) is 2.22. The Labute approximate surface area is 72.5 Å². The highest BCUT2D eigenvalue weighted by Gasteiger charge is 2.30. The first kappa shape index (κ1) is 9.26. The summed E-state index contributed by atoms with van der Waals surface area (Å²) in [5.74, 6) is 0. The summed E-state index contributed by atoms with van der Waals surface area (Å²) in [4.78, 5) is 0. The molecular weight excluding hydrogens is 166 g/mol. The maximum Gasteiger partial charge on any atom is 0.0621 e. The molecule has 66 valence electrons. The number of rotatable bonds is 0. The van der Waals surface area contributed by atoms with E-state index in [9.17, 15) is 5.11 Å². The lowest BCUT2D eigenvalue weighted by Gasteiger charge is -2.38. The third kappa shape index (κ3) is 2.06. The van der Waals surface area contributed by atoms with Crippen LogP contribution in [0.4, 0.5) is 0 Å². The molecule has 2 rings (SSSR count). The Morgan fingerprint density at radius 2 is 1.73 bits per heavy atom. The van der Waals surface area contributed by atoms with Gasteiger partial charge in [0.1, 0.15) is 0 Å². The predicted molar refractivity (Wildman–Crippen MR) is 44.0 cm³/mol. The first-order valence-corrected chi connectivity index (χ1v) is 3.86. The van der Waals surface area contributed by atoms with Gasteiger partial charge in [-0.3, -0.25) is 0 Å². The van der Waals surface area contributed by atoms with E-state index in [-0.39, 0.29) is 18.5 Å². The van der Waals surface area contributed by atoms with E-state index in [0.717, 1.165) is 26.1 Å². The van der Waals surface area contributed by atoms with Crippen LogP contribution < -0.4 is 5.32 Å². The molecule has 3 nitrogen and oxygen atoms in total. The van der Waals surface area contributed by atoms with Crippen LogP contribution in [0.15, 0.2) is 0 Å². The van der Waals surface area contributed by atoms with E-state index in [4.69, 9.17) is 4.74 Å². The Morgan fingerprint density at radius 3 is 2.27 bits per heavy atom. The summed E-state index contributed by atoms with van der Waals surface area (Å²) in [6.07, 6.45) is 1.62. The second kappa shape index (κ2) is 3.72. The van der Waals surface area contributed by atoms with E-state index >= 15 is 0 Å². The fourth-order valence-electron chi connectivity index (χ4n) is 1.81. The normalized spacial score (nSPS) is 42.8. The Kier molecular flexibility index (Phi) is 3.13. The minimum Gasteiger partial charge on any atom is -0.393 e. The number of piperidine rings is 1. The Morgan fingerprint density at radius 1 is 1.18 bits per heavy atom. The van der Waals surface area contributed by atoms with Crippen molar-refractivity contribution in [2.24, 2.45) is 0 Å². The van der Waals surface area contributed by atoms with Crippen LogP contribution in [0.2, 0.25) is 0 Å². The average Bonchev–Trinajstić information content (AvgIpc) is 1.85. The van der Waals surface area contributed by atoms with E-state index in [2.05, 4.69) is 5.32 Å². The smallest absolute Gasteiger partial charge is 0.0621 e. The van der Waals surface area contributed by atoms with Crippen LogP contribution in [-0.2, 0) is 4.74 Å². The van der Waals surface area contributed by atoms with Gasteiger partial charge in [0, 0.05) is 12.1 Å². The zero-order valence-electron chi connectivity index (χ0n) is 6.32. The molecule has 0 aromatic rings. The quantitative estimate of drug-likeness (QED) is 0.547. The second-order valence-corrected chi connectivity index (χ2v) is 3.22. The van der Waals surface area contributed by atoms with E-state index in [1.807, 2.05) is 0 Å². The largest absolute Gasteiger partial charge is 0.393 e. The first-order chi connectivity index (χ1) is 4.84. The van der Waals surface area contributed by atoms with Gasteiger partial charge in [0.2, 0.25) is 0 Å². The highest BCUT2D eigenvalue weighted by atomic mass is 35.5. The van der Waals surface area contributed by atoms with E-state index in [1.165, 1.54) is 0 Å². The highest BCUT2D eigenvalue weighted by molar-refractivity contribution is 5.85. The van der Waals surface area contributed by atoms with Crippen molar-refractivity contribution in [3.63, 3.8) is 0 Å². The van der Waals surface area contributed by atoms with Crippen molar-refractivity contribution in [3.05, 3.63) is 0 Å². The zero-order chi connectivity index (χ0) is 6.97. The van der Waals surface area contributed by atoms with E-state index in [0.29, 0.717) is 12.1 Å². The number of morpholine rings is 1. The van der Waals surface area contributed by atoms with Gasteiger partial charge in [0.15, 0.2) is 0 Å². The summed E-state index contributed by atoms with van der Waals surface area (Å²) < 4.78 is 5.31. The van der Waals surface area contributed by atoms with Crippen LogP contribution >= 0.6 is 12.4 Å². The van der Waals surface area contributed by atoms with Crippen LogP contribution in [0.25, 0.3) is 0 Å². The number of aliphatic hydroxyl groups excluding tert-OH is 1. The van der Waals surface area contributed by atoms with Crippen LogP contribution in [0.5, 0.6) is 0 Å². The molecule has 2 aliphatic rings. The van der Waals surface area contributed by atoms with Crippen molar-refractivity contribution >= 4 is 12.4 Å². The molecule has 2 fully saturated rings. The lowest BCUT2D eigenvalue weighted by molar-refractivity contribution is -0.0193. The molecule has 0 amide bonds. The van der Waals surface area contributed by atoms with Gasteiger partial charge in [0.05, 0.1) is 19.3 Å². The number of aliphatic hydroxyl groups is 1. The van der Waals surface area contributed by atoms with E-state index < -0.39 is 0 Å². The van der Waals surface area contributed by atoms with Crippen molar-refractivity contribution in [1.82, 2.24) is 5.32 Å². The summed E-state index contributed by atoms with van der Waals surface area (Å²) in [7, 11) is 0. The van der Waals surface area contributed by atoms with Gasteiger partial charge < -0.3 is 15.2 Å². The number of nitrogens with one attached hydrogen (secondary N) is 1. The van der Waals surface area contributed by atoms with Crippen LogP contribution in [0.3, 0.4) is 0 Å². The fraction of sp³-hybridized carbons (Fsp3) is 1.00. The minimum absolute atomic E-state index is 0. The molecule has 0 aromatic heterocycles. The number of fused-ring (bicyclic) bond motifs is 2. The molecule has 0 aliphatic carbocycles. The molecule has 2 heterocycles. The van der Waals surface area contributed by atoms with Crippen LogP contribution in [0, 0.1) is 0 Å². The number of hydrogen-bond acceptors (Lipinski definition) is 3. The van der Waals surface area contributed by atoms with Gasteiger partial charge in [-0.05, 0) is 12.8 Å². The predicted octanol–water partition coefficient (Wildman–Crippen LogP) is -0.0801. The summed E-state index contributed by atoms with van der Waals surface area (Å²) in [6, 6.07) is 0.810. The summed E-state index contributed by atoms with van der Waals surface area (Å²) in [6.45, 7) is 1.54. The molecule has 2 N–H and O–H groups in total. The van der Waals surface area contributed by atoms with Gasteiger partial charge in [-0.15, -0.1) is 12.4 Å². The van der Waals surface area contributed by atoms with Crippen molar-refractivity contribution in [2.45, 2.75) is 31.0 Å². The average molecular weight is 180 g/mol. The Balaban J connectivity index is 0.000000605. The summed E-state index contributed by atoms with van der Waals surface area (Å²) >= 11 is 0. The number of ether oxygens (including phenoxy) is 1. The molecule has 2 unspecified atom stereocenters.